The zero-order valence-corrected chi connectivity index (χ0v) is 37.8. The molecule has 12 heteroatoms. The van der Waals surface area contributed by atoms with Gasteiger partial charge in [-0.3, -0.25) is 9.52 Å². The first-order valence-electron chi connectivity index (χ1n) is 21.3. The molecule has 3 aromatic rings. The lowest BCUT2D eigenvalue weighted by Crippen LogP contribution is -2.29. The van der Waals surface area contributed by atoms with E-state index >= 15 is 0 Å². The Morgan fingerprint density at radius 2 is 1.13 bits per heavy atom. The number of anilines is 4. The Labute approximate surface area is 358 Å². The number of carbonyl (C=O) groups excluding carboxylic acids is 1. The van der Waals surface area contributed by atoms with Crippen molar-refractivity contribution in [2.45, 2.75) is 105 Å². The van der Waals surface area contributed by atoms with E-state index < -0.39 is 25.8 Å². The van der Waals surface area contributed by atoms with E-state index in [1.807, 2.05) is 74.5 Å². The van der Waals surface area contributed by atoms with Gasteiger partial charge in [0.1, 0.15) is 5.76 Å². The normalized spacial score (nSPS) is 16.3. The Morgan fingerprint density at radius 1 is 0.633 bits per heavy atom. The van der Waals surface area contributed by atoms with Gasteiger partial charge < -0.3 is 14.9 Å². The van der Waals surface area contributed by atoms with Gasteiger partial charge in [-0.1, -0.05) is 113 Å². The maximum Gasteiger partial charge on any atom is 0.250 e. The molecule has 0 unspecified atom stereocenters. The van der Waals surface area contributed by atoms with E-state index in [1.54, 1.807) is 24.3 Å². The molecule has 0 fully saturated rings. The first kappa shape index (κ1) is 46.1. The molecule has 0 saturated carbocycles. The number of benzene rings is 3. The highest BCUT2D eigenvalue weighted by atomic mass is 32.2. The summed E-state index contributed by atoms with van der Waals surface area (Å²) in [7, 11) is -7.75. The lowest BCUT2D eigenvalue weighted by molar-refractivity contribution is -0.111. The van der Waals surface area contributed by atoms with Gasteiger partial charge in [0.25, 0.3) is 10.0 Å². The average molecular weight is 855 g/mol. The average Bonchev–Trinajstić information content (AvgIpc) is 3.19. The van der Waals surface area contributed by atoms with Gasteiger partial charge in [-0.05, 0) is 87.4 Å². The monoisotopic (exact) mass is 854 g/mol. The Kier molecular flexibility index (Phi) is 16.2. The number of ketones is 1. The predicted molar refractivity (Wildman–Crippen MR) is 249 cm³/mol. The molecule has 0 spiro atoms. The summed E-state index contributed by atoms with van der Waals surface area (Å²) in [5, 5.41) is 11.7. The van der Waals surface area contributed by atoms with Crippen LogP contribution < -0.4 is 14.5 Å². The molecular formula is C48H62N4O6S2. The second kappa shape index (κ2) is 21.0. The van der Waals surface area contributed by atoms with Crippen LogP contribution in [0.3, 0.4) is 0 Å². The zero-order valence-electron chi connectivity index (χ0n) is 36.1. The third-order valence-electron chi connectivity index (χ3n) is 10.8. The number of unbranched alkanes of at least 4 members (excludes halogenated alkanes) is 10. The van der Waals surface area contributed by atoms with E-state index in [0.29, 0.717) is 18.8 Å². The zero-order chi connectivity index (χ0) is 43.5. The Bertz CT molecular complexity index is 2380. The van der Waals surface area contributed by atoms with Crippen molar-refractivity contribution in [3.63, 3.8) is 0 Å². The molecule has 2 N–H and O–H groups in total. The summed E-state index contributed by atoms with van der Waals surface area (Å²) in [6.07, 6.45) is 20.4. The quantitative estimate of drug-likeness (QED) is 0.0753. The number of rotatable bonds is 22. The van der Waals surface area contributed by atoms with Crippen LogP contribution in [0, 0.1) is 13.8 Å². The van der Waals surface area contributed by atoms with Crippen molar-refractivity contribution in [2.75, 3.05) is 40.1 Å². The number of sulfonamides is 2. The van der Waals surface area contributed by atoms with E-state index in [2.05, 4.69) is 32.8 Å². The van der Waals surface area contributed by atoms with E-state index in [0.717, 1.165) is 79.2 Å². The molecule has 0 aliphatic heterocycles. The largest absolute Gasteiger partial charge is 0.506 e. The van der Waals surface area contributed by atoms with Gasteiger partial charge in [0.2, 0.25) is 15.8 Å². The van der Waals surface area contributed by atoms with E-state index in [-0.39, 0.29) is 39.4 Å². The van der Waals surface area contributed by atoms with Crippen molar-refractivity contribution in [2.24, 2.45) is 4.40 Å². The molecule has 322 valence electrons. The van der Waals surface area contributed by atoms with Crippen molar-refractivity contribution in [1.29, 1.82) is 0 Å². The molecule has 2 aliphatic carbocycles. The standard InChI is InChI=1S/C48H62N4O6S2/c1-7-9-11-13-15-17-31-51(37-23-19-35(3)20-24-37)39-27-29-41(43(33-39)49-59(5,55)56)45-47(53)46(48(45)54)42-30-28-40(34-44(42)50-60(6,57)58)52(32-18-16-14-12-10-8-2)38-25-21-36(4)22-26-38/h19-30,33-34,49,53H,7-18,31-32H2,1-6H3/b46-42-,50-44+. The van der Waals surface area contributed by atoms with Gasteiger partial charge >= 0.3 is 0 Å². The molecule has 0 atom stereocenters. The van der Waals surface area contributed by atoms with Gasteiger partial charge in [-0.2, -0.15) is 4.40 Å². The van der Waals surface area contributed by atoms with Gasteiger partial charge in [0, 0.05) is 47.0 Å². The number of aliphatic hydroxyl groups is 1. The highest BCUT2D eigenvalue weighted by molar-refractivity contribution is 7.92. The molecular weight excluding hydrogens is 793 g/mol. The molecule has 5 rings (SSSR count). The molecule has 2 aliphatic rings. The van der Waals surface area contributed by atoms with Crippen molar-refractivity contribution >= 4 is 59.9 Å². The Morgan fingerprint density at radius 3 is 1.65 bits per heavy atom. The maximum atomic E-state index is 14.2. The summed E-state index contributed by atoms with van der Waals surface area (Å²) in [4.78, 5) is 18.5. The molecule has 3 aromatic carbocycles. The molecule has 0 radical (unpaired) electrons. The second-order valence-corrected chi connectivity index (χ2v) is 19.5. The van der Waals surface area contributed by atoms with E-state index in [1.165, 1.54) is 38.5 Å². The van der Waals surface area contributed by atoms with Crippen LogP contribution in [-0.2, 0) is 24.8 Å². The highest BCUT2D eigenvalue weighted by Crippen LogP contribution is 2.44. The highest BCUT2D eigenvalue weighted by Gasteiger charge is 2.40. The van der Waals surface area contributed by atoms with Crippen molar-refractivity contribution < 1.29 is 26.7 Å². The first-order valence-corrected chi connectivity index (χ1v) is 25.1. The number of hydrogen-bond acceptors (Lipinski definition) is 8. The number of allylic oxidation sites excluding steroid dienone is 6. The number of Topliss-reactive ketones (excluding diaryl/α,β-unsaturated/α-hetero) is 1. The molecule has 0 bridgehead atoms. The molecule has 60 heavy (non-hydrogen) atoms. The molecule has 0 saturated heterocycles. The lowest BCUT2D eigenvalue weighted by atomic mass is 9.78. The predicted octanol–water partition coefficient (Wildman–Crippen LogP) is 11.0. The van der Waals surface area contributed by atoms with E-state index in [9.17, 15) is 26.7 Å². The molecule has 0 amide bonds. The smallest absolute Gasteiger partial charge is 0.250 e. The minimum absolute atomic E-state index is 0.0253. The number of hydrogen-bond donors (Lipinski definition) is 2. The van der Waals surface area contributed by atoms with Crippen LogP contribution in [0.2, 0.25) is 0 Å². The summed E-state index contributed by atoms with van der Waals surface area (Å²) >= 11 is 0. The Hall–Kier alpha value is -4.94. The molecule has 0 heterocycles. The lowest BCUT2D eigenvalue weighted by Gasteiger charge is -2.30. The minimum atomic E-state index is -3.94. The summed E-state index contributed by atoms with van der Waals surface area (Å²) in [6, 6.07) is 21.4. The van der Waals surface area contributed by atoms with Gasteiger partial charge in [0.15, 0.2) is 0 Å². The number of nitrogens with one attached hydrogen (secondary N) is 1. The number of carbonyl (C=O) groups is 1. The number of aryl methyl sites for hydroxylation is 2. The number of nitrogens with zero attached hydrogens (tertiary/aromatic N) is 3. The topological polar surface area (TPSA) is 136 Å². The van der Waals surface area contributed by atoms with Gasteiger partial charge in [-0.15, -0.1) is 0 Å². The summed E-state index contributed by atoms with van der Waals surface area (Å²) in [6.45, 7) is 9.81. The fraction of sp³-hybridized carbons (Fsp3) is 0.417. The van der Waals surface area contributed by atoms with Crippen molar-refractivity contribution in [3.05, 3.63) is 124 Å². The number of aliphatic hydroxyl groups excluding tert-OH is 1. The van der Waals surface area contributed by atoms with Gasteiger partial charge in [0.05, 0.1) is 35.1 Å². The minimum Gasteiger partial charge on any atom is -0.506 e. The van der Waals surface area contributed by atoms with Crippen molar-refractivity contribution in [3.8, 4) is 0 Å². The summed E-state index contributed by atoms with van der Waals surface area (Å²) < 4.78 is 57.6. The Balaban J connectivity index is 1.53. The third-order valence-corrected chi connectivity index (χ3v) is 11.9. The van der Waals surface area contributed by atoms with Crippen LogP contribution >= 0.6 is 0 Å². The van der Waals surface area contributed by atoms with Gasteiger partial charge in [-0.25, -0.2) is 16.8 Å². The fourth-order valence-corrected chi connectivity index (χ4v) is 8.70. The molecule has 10 nitrogen and oxygen atoms in total. The van der Waals surface area contributed by atoms with Crippen LogP contribution in [0.15, 0.2) is 112 Å². The summed E-state index contributed by atoms with van der Waals surface area (Å²) in [5.41, 5.74) is 5.92. The van der Waals surface area contributed by atoms with E-state index in [4.69, 9.17) is 0 Å². The first-order chi connectivity index (χ1) is 28.6. The second-order valence-electron chi connectivity index (χ2n) is 16.1. The fourth-order valence-electron chi connectivity index (χ4n) is 7.62. The third kappa shape index (κ3) is 12.5. The van der Waals surface area contributed by atoms with Crippen LogP contribution in [0.5, 0.6) is 0 Å². The van der Waals surface area contributed by atoms with Crippen LogP contribution in [0.4, 0.5) is 22.7 Å². The molecule has 0 aromatic heterocycles. The SMILES string of the molecule is CCCCCCCCN(C1=CC(=N\S(C)(=O)=O)/C(=C2\C(=O)C(c3ccc(N(CCCCCCCC)c4ccc(C)cc4)cc3NS(C)(=O)=O)=C2O)C=C1)c1ccc(C)cc1. The maximum absolute atomic E-state index is 14.2. The van der Waals surface area contributed by atoms with Crippen LogP contribution in [0.25, 0.3) is 5.57 Å². The summed E-state index contributed by atoms with van der Waals surface area (Å²) in [5.74, 6) is -0.925. The van der Waals surface area contributed by atoms with Crippen LogP contribution in [0.1, 0.15) is 108 Å². The van der Waals surface area contributed by atoms with Crippen molar-refractivity contribution in [1.82, 2.24) is 0 Å². The van der Waals surface area contributed by atoms with Crippen LogP contribution in [-0.4, -0.2) is 59.0 Å².